The van der Waals surface area contributed by atoms with Crippen LogP contribution in [0, 0.1) is 0 Å². The van der Waals surface area contributed by atoms with Gasteiger partial charge in [-0.1, -0.05) is 23.2 Å². The summed E-state index contributed by atoms with van der Waals surface area (Å²) in [6.45, 7) is 0. The fourth-order valence-electron chi connectivity index (χ4n) is 0.966. The minimum absolute atomic E-state index is 0.113. The lowest BCUT2D eigenvalue weighted by molar-refractivity contribution is -0.113. The van der Waals surface area contributed by atoms with Crippen molar-refractivity contribution in [1.29, 1.82) is 0 Å². The molecule has 0 radical (unpaired) electrons. The third kappa shape index (κ3) is 3.48. The van der Waals surface area contributed by atoms with Crippen LogP contribution in [0.4, 0.5) is 5.69 Å². The van der Waals surface area contributed by atoms with Gasteiger partial charge in [-0.3, -0.25) is 4.79 Å². The molecule has 0 saturated carbocycles. The van der Waals surface area contributed by atoms with Crippen LogP contribution in [-0.2, 0) is 4.79 Å². The van der Waals surface area contributed by atoms with E-state index >= 15 is 0 Å². The molecule has 0 bridgehead atoms. The monoisotopic (exact) mass is 265 g/mol. The van der Waals surface area contributed by atoms with Crippen molar-refractivity contribution in [2.45, 2.75) is 0 Å². The number of aromatic hydroxyl groups is 1. The lowest BCUT2D eigenvalue weighted by Gasteiger charge is -2.06. The molecule has 1 aromatic rings. The largest absolute Gasteiger partial charge is 0.505 e. The number of phenols is 1. The zero-order chi connectivity index (χ0) is 11.4. The number of phenolic OH excluding ortho intramolecular Hbond substituents is 1. The van der Waals surface area contributed by atoms with Gasteiger partial charge in [-0.25, -0.2) is 0 Å². The van der Waals surface area contributed by atoms with Gasteiger partial charge in [-0.05, 0) is 18.4 Å². The maximum absolute atomic E-state index is 11.2. The van der Waals surface area contributed by atoms with Crippen LogP contribution in [0.2, 0.25) is 10.0 Å². The molecule has 0 atom stereocenters. The average Bonchev–Trinajstić information content (AvgIpc) is 2.14. The van der Waals surface area contributed by atoms with Crippen molar-refractivity contribution in [3.63, 3.8) is 0 Å². The molecular formula is C9H9Cl2NO2S. The highest BCUT2D eigenvalue weighted by atomic mass is 35.5. The minimum atomic E-state index is -0.179. The van der Waals surface area contributed by atoms with Crippen LogP contribution in [0.5, 0.6) is 5.75 Å². The van der Waals surface area contributed by atoms with Crippen molar-refractivity contribution >= 4 is 46.6 Å². The van der Waals surface area contributed by atoms with Crippen LogP contribution >= 0.6 is 35.0 Å². The Morgan fingerprint density at radius 2 is 2.00 bits per heavy atom. The number of halogens is 2. The number of hydrogen-bond donors (Lipinski definition) is 2. The van der Waals surface area contributed by atoms with Gasteiger partial charge in [0.05, 0.1) is 15.8 Å². The van der Waals surface area contributed by atoms with E-state index in [1.165, 1.54) is 23.9 Å². The number of amides is 1. The van der Waals surface area contributed by atoms with Gasteiger partial charge < -0.3 is 10.4 Å². The molecular weight excluding hydrogens is 257 g/mol. The Hall–Kier alpha value is -0.580. The highest BCUT2D eigenvalue weighted by Crippen LogP contribution is 2.34. The number of anilines is 1. The second-order valence-electron chi connectivity index (χ2n) is 2.77. The van der Waals surface area contributed by atoms with E-state index in [4.69, 9.17) is 23.2 Å². The van der Waals surface area contributed by atoms with E-state index in [0.717, 1.165) is 0 Å². The van der Waals surface area contributed by atoms with Gasteiger partial charge >= 0.3 is 0 Å². The lowest BCUT2D eigenvalue weighted by atomic mass is 10.3. The van der Waals surface area contributed by atoms with E-state index in [1.54, 1.807) is 0 Å². The summed E-state index contributed by atoms with van der Waals surface area (Å²) in [5, 5.41) is 12.1. The Morgan fingerprint density at radius 3 is 2.47 bits per heavy atom. The Balaban J connectivity index is 2.83. The predicted molar refractivity (Wildman–Crippen MR) is 65.1 cm³/mol. The van der Waals surface area contributed by atoms with E-state index in [0.29, 0.717) is 11.4 Å². The van der Waals surface area contributed by atoms with E-state index in [-0.39, 0.29) is 21.7 Å². The second-order valence-corrected chi connectivity index (χ2v) is 4.45. The Bertz CT molecular complexity index is 361. The van der Waals surface area contributed by atoms with E-state index < -0.39 is 0 Å². The normalized spacial score (nSPS) is 10.1. The first-order valence-corrected chi connectivity index (χ1v) is 6.16. The summed E-state index contributed by atoms with van der Waals surface area (Å²) in [5.74, 6) is 0.0392. The van der Waals surface area contributed by atoms with Gasteiger partial charge in [0.2, 0.25) is 5.91 Å². The van der Waals surface area contributed by atoms with Crippen molar-refractivity contribution in [3.8, 4) is 5.75 Å². The van der Waals surface area contributed by atoms with Gasteiger partial charge in [0.1, 0.15) is 0 Å². The second kappa shape index (κ2) is 5.49. The number of thioether (sulfide) groups is 1. The smallest absolute Gasteiger partial charge is 0.234 e. The van der Waals surface area contributed by atoms with Crippen molar-refractivity contribution < 1.29 is 9.90 Å². The number of rotatable bonds is 3. The topological polar surface area (TPSA) is 49.3 Å². The van der Waals surface area contributed by atoms with E-state index in [1.807, 2.05) is 6.26 Å². The van der Waals surface area contributed by atoms with Crippen LogP contribution in [0.3, 0.4) is 0 Å². The number of carbonyl (C=O) groups excluding carboxylic acids is 1. The molecule has 0 aromatic heterocycles. The average molecular weight is 266 g/mol. The minimum Gasteiger partial charge on any atom is -0.505 e. The fraction of sp³-hybridized carbons (Fsp3) is 0.222. The first kappa shape index (κ1) is 12.5. The lowest BCUT2D eigenvalue weighted by Crippen LogP contribution is -2.13. The first-order chi connectivity index (χ1) is 7.04. The van der Waals surface area contributed by atoms with Gasteiger partial charge in [-0.2, -0.15) is 11.8 Å². The van der Waals surface area contributed by atoms with Crippen LogP contribution in [0.1, 0.15) is 0 Å². The molecule has 0 fully saturated rings. The van der Waals surface area contributed by atoms with E-state index in [2.05, 4.69) is 5.32 Å². The van der Waals surface area contributed by atoms with Gasteiger partial charge in [0, 0.05) is 5.69 Å². The standard InChI is InChI=1S/C9H9Cl2NO2S/c1-15-4-8(13)12-5-2-6(10)9(14)7(11)3-5/h2-3,14H,4H2,1H3,(H,12,13). The van der Waals surface area contributed by atoms with E-state index in [9.17, 15) is 9.90 Å². The summed E-state index contributed by atoms with van der Waals surface area (Å²) in [6.07, 6.45) is 1.83. The first-order valence-electron chi connectivity index (χ1n) is 4.01. The van der Waals surface area contributed by atoms with Crippen LogP contribution in [0.15, 0.2) is 12.1 Å². The molecule has 2 N–H and O–H groups in total. The van der Waals surface area contributed by atoms with Crippen LogP contribution in [-0.4, -0.2) is 23.0 Å². The molecule has 1 amide bonds. The highest BCUT2D eigenvalue weighted by molar-refractivity contribution is 7.99. The zero-order valence-electron chi connectivity index (χ0n) is 7.88. The van der Waals surface area contributed by atoms with Crippen LogP contribution < -0.4 is 5.32 Å². The number of carbonyl (C=O) groups is 1. The number of benzene rings is 1. The molecule has 15 heavy (non-hydrogen) atoms. The van der Waals surface area contributed by atoms with Crippen molar-refractivity contribution in [2.75, 3.05) is 17.3 Å². The Labute approximate surface area is 102 Å². The molecule has 3 nitrogen and oxygen atoms in total. The molecule has 6 heteroatoms. The predicted octanol–water partition coefficient (Wildman–Crippen LogP) is 3.00. The van der Waals surface area contributed by atoms with Crippen molar-refractivity contribution in [2.24, 2.45) is 0 Å². The third-order valence-electron chi connectivity index (χ3n) is 1.58. The zero-order valence-corrected chi connectivity index (χ0v) is 10.2. The molecule has 0 spiro atoms. The summed E-state index contributed by atoms with van der Waals surface area (Å²) in [6, 6.07) is 2.89. The molecule has 0 aliphatic rings. The number of nitrogens with one attached hydrogen (secondary N) is 1. The molecule has 0 unspecified atom stereocenters. The van der Waals surface area contributed by atoms with Gasteiger partial charge in [-0.15, -0.1) is 0 Å². The molecule has 0 aliphatic heterocycles. The maximum atomic E-state index is 11.2. The highest BCUT2D eigenvalue weighted by Gasteiger charge is 2.08. The molecule has 0 saturated heterocycles. The Kier molecular flexibility index (Phi) is 4.57. The molecule has 0 heterocycles. The summed E-state index contributed by atoms with van der Waals surface area (Å²) in [5.41, 5.74) is 0.474. The molecule has 1 aromatic carbocycles. The van der Waals surface area contributed by atoms with Gasteiger partial charge in [0.15, 0.2) is 5.75 Å². The fourth-order valence-corrected chi connectivity index (χ4v) is 1.79. The van der Waals surface area contributed by atoms with Crippen molar-refractivity contribution in [1.82, 2.24) is 0 Å². The summed E-state index contributed by atoms with van der Waals surface area (Å²) < 4.78 is 0. The maximum Gasteiger partial charge on any atom is 0.234 e. The van der Waals surface area contributed by atoms with Crippen molar-refractivity contribution in [3.05, 3.63) is 22.2 Å². The van der Waals surface area contributed by atoms with Crippen LogP contribution in [0.25, 0.3) is 0 Å². The molecule has 1 rings (SSSR count). The molecule has 0 aliphatic carbocycles. The molecule has 82 valence electrons. The summed E-state index contributed by atoms with van der Waals surface area (Å²) in [4.78, 5) is 11.2. The quantitative estimate of drug-likeness (QED) is 0.827. The third-order valence-corrected chi connectivity index (χ3v) is 2.70. The summed E-state index contributed by atoms with van der Waals surface area (Å²) in [7, 11) is 0. The SMILES string of the molecule is CSCC(=O)Nc1cc(Cl)c(O)c(Cl)c1. The van der Waals surface area contributed by atoms with Gasteiger partial charge in [0.25, 0.3) is 0 Å². The Morgan fingerprint density at radius 1 is 1.47 bits per heavy atom. The summed E-state index contributed by atoms with van der Waals surface area (Å²) >= 11 is 12.8. The number of hydrogen-bond acceptors (Lipinski definition) is 3.